The van der Waals surface area contributed by atoms with Gasteiger partial charge < -0.3 is 10.1 Å². The summed E-state index contributed by atoms with van der Waals surface area (Å²) in [5.41, 5.74) is 2.20. The fourth-order valence-corrected chi connectivity index (χ4v) is 3.22. The van der Waals surface area contributed by atoms with E-state index in [1.807, 2.05) is 36.4 Å². The quantitative estimate of drug-likeness (QED) is 0.862. The van der Waals surface area contributed by atoms with Gasteiger partial charge in [-0.1, -0.05) is 41.9 Å². The van der Waals surface area contributed by atoms with Crippen LogP contribution in [0.15, 0.2) is 48.5 Å². The molecule has 1 unspecified atom stereocenters. The smallest absolute Gasteiger partial charge is 0.123 e. The lowest BCUT2D eigenvalue weighted by molar-refractivity contribution is 0.0161. The fraction of sp³-hybridized carbons (Fsp3) is 0.368. The molecule has 0 saturated carbocycles. The lowest BCUT2D eigenvalue weighted by Crippen LogP contribution is -2.42. The summed E-state index contributed by atoms with van der Waals surface area (Å²) in [4.78, 5) is 2.39. The summed E-state index contributed by atoms with van der Waals surface area (Å²) >= 11 is 6.21. The minimum atomic E-state index is -0.205. The van der Waals surface area contributed by atoms with E-state index in [4.69, 9.17) is 16.3 Å². The van der Waals surface area contributed by atoms with Crippen molar-refractivity contribution in [2.45, 2.75) is 12.6 Å². The van der Waals surface area contributed by atoms with Crippen LogP contribution in [0.2, 0.25) is 5.02 Å². The molecule has 1 aliphatic heterocycles. The van der Waals surface area contributed by atoms with E-state index in [1.165, 1.54) is 12.1 Å². The first-order chi connectivity index (χ1) is 11.7. The van der Waals surface area contributed by atoms with E-state index in [0.29, 0.717) is 6.54 Å². The molecule has 0 bridgehead atoms. The molecule has 0 aromatic heterocycles. The molecule has 0 spiro atoms. The van der Waals surface area contributed by atoms with Gasteiger partial charge in [0.1, 0.15) is 5.82 Å². The van der Waals surface area contributed by atoms with E-state index in [1.54, 1.807) is 0 Å². The first-order valence-corrected chi connectivity index (χ1v) is 8.63. The average Bonchev–Trinajstić information content (AvgIpc) is 2.62. The average molecular weight is 349 g/mol. The van der Waals surface area contributed by atoms with Gasteiger partial charge in [-0.25, -0.2) is 4.39 Å². The van der Waals surface area contributed by atoms with Crippen LogP contribution in [0.4, 0.5) is 4.39 Å². The highest BCUT2D eigenvalue weighted by molar-refractivity contribution is 6.31. The van der Waals surface area contributed by atoms with Crippen LogP contribution >= 0.6 is 11.6 Å². The summed E-state index contributed by atoms with van der Waals surface area (Å²) in [5.74, 6) is -0.205. The van der Waals surface area contributed by atoms with Gasteiger partial charge >= 0.3 is 0 Å². The molecule has 3 rings (SSSR count). The Labute approximate surface area is 147 Å². The van der Waals surface area contributed by atoms with Crippen LogP contribution in [0, 0.1) is 5.82 Å². The Morgan fingerprint density at radius 1 is 1.08 bits per heavy atom. The lowest BCUT2D eigenvalue weighted by atomic mass is 10.0. The number of nitrogens with one attached hydrogen (secondary N) is 1. The number of benzene rings is 2. The zero-order valence-corrected chi connectivity index (χ0v) is 14.3. The minimum absolute atomic E-state index is 0.192. The summed E-state index contributed by atoms with van der Waals surface area (Å²) in [6, 6.07) is 14.8. The van der Waals surface area contributed by atoms with Crippen LogP contribution in [0.3, 0.4) is 0 Å². The number of morpholine rings is 1. The second-order valence-corrected chi connectivity index (χ2v) is 6.35. The molecule has 128 valence electrons. The summed E-state index contributed by atoms with van der Waals surface area (Å²) in [6.07, 6.45) is 0. The molecule has 3 nitrogen and oxygen atoms in total. The van der Waals surface area contributed by atoms with Crippen molar-refractivity contribution < 1.29 is 9.13 Å². The molecular formula is C19H22ClFN2O. The fourth-order valence-electron chi connectivity index (χ4n) is 3.02. The maximum atomic E-state index is 13.2. The second kappa shape index (κ2) is 8.58. The van der Waals surface area contributed by atoms with Gasteiger partial charge in [-0.3, -0.25) is 4.90 Å². The lowest BCUT2D eigenvalue weighted by Gasteiger charge is -2.35. The third kappa shape index (κ3) is 4.54. The summed E-state index contributed by atoms with van der Waals surface area (Å²) in [6.45, 7) is 4.73. The van der Waals surface area contributed by atoms with E-state index < -0.39 is 0 Å². The van der Waals surface area contributed by atoms with Crippen molar-refractivity contribution in [3.8, 4) is 0 Å². The molecule has 0 radical (unpaired) electrons. The Balaban J connectivity index is 1.67. The first kappa shape index (κ1) is 17.4. The highest BCUT2D eigenvalue weighted by Gasteiger charge is 2.22. The normalized spacial score (nSPS) is 16.9. The molecule has 24 heavy (non-hydrogen) atoms. The van der Waals surface area contributed by atoms with Crippen molar-refractivity contribution in [1.82, 2.24) is 10.2 Å². The number of nitrogens with zero attached hydrogens (tertiary/aromatic N) is 1. The molecule has 1 N–H and O–H groups in total. The third-order valence-corrected chi connectivity index (χ3v) is 4.72. The number of hydrogen-bond acceptors (Lipinski definition) is 3. The van der Waals surface area contributed by atoms with Gasteiger partial charge in [0.25, 0.3) is 0 Å². The Bertz CT molecular complexity index is 644. The predicted octanol–water partition coefficient (Wildman–Crippen LogP) is 3.64. The molecule has 1 fully saturated rings. The van der Waals surface area contributed by atoms with Gasteiger partial charge in [0.05, 0.1) is 13.2 Å². The highest BCUT2D eigenvalue weighted by atomic mass is 35.5. The van der Waals surface area contributed by atoms with E-state index in [0.717, 1.165) is 49.0 Å². The van der Waals surface area contributed by atoms with Gasteiger partial charge in [0, 0.05) is 37.2 Å². The van der Waals surface area contributed by atoms with Gasteiger partial charge in [-0.05, 0) is 29.3 Å². The third-order valence-electron chi connectivity index (χ3n) is 4.35. The zero-order valence-electron chi connectivity index (χ0n) is 13.6. The first-order valence-electron chi connectivity index (χ1n) is 8.25. The van der Waals surface area contributed by atoms with Gasteiger partial charge in [-0.15, -0.1) is 0 Å². The van der Waals surface area contributed by atoms with Crippen molar-refractivity contribution in [3.63, 3.8) is 0 Å². The van der Waals surface area contributed by atoms with Crippen molar-refractivity contribution in [2.24, 2.45) is 0 Å². The summed E-state index contributed by atoms with van der Waals surface area (Å²) in [7, 11) is 0. The molecule has 2 aromatic carbocycles. The predicted molar refractivity (Wildman–Crippen MR) is 94.7 cm³/mol. The molecule has 0 amide bonds. The van der Waals surface area contributed by atoms with Crippen LogP contribution in [-0.2, 0) is 11.3 Å². The highest BCUT2D eigenvalue weighted by Crippen LogP contribution is 2.22. The largest absolute Gasteiger partial charge is 0.379 e. The van der Waals surface area contributed by atoms with Crippen molar-refractivity contribution >= 4 is 11.6 Å². The Kier molecular flexibility index (Phi) is 6.21. The standard InChI is InChI=1S/C19H22ClFN2O/c20-18-4-2-1-3-16(18)13-22-14-19(23-9-11-24-12-10-23)15-5-7-17(21)8-6-15/h1-8,19,22H,9-14H2. The maximum absolute atomic E-state index is 13.2. The molecular weight excluding hydrogens is 327 g/mol. The van der Waals surface area contributed by atoms with E-state index in [2.05, 4.69) is 10.2 Å². The molecule has 5 heteroatoms. The topological polar surface area (TPSA) is 24.5 Å². The van der Waals surface area contributed by atoms with Gasteiger partial charge in [0.2, 0.25) is 0 Å². The monoisotopic (exact) mass is 348 g/mol. The van der Waals surface area contributed by atoms with Crippen LogP contribution in [0.25, 0.3) is 0 Å². The molecule has 1 saturated heterocycles. The van der Waals surface area contributed by atoms with E-state index in [-0.39, 0.29) is 11.9 Å². The van der Waals surface area contributed by atoms with E-state index in [9.17, 15) is 4.39 Å². The number of hydrogen-bond donors (Lipinski definition) is 1. The Morgan fingerprint density at radius 3 is 2.50 bits per heavy atom. The summed E-state index contributed by atoms with van der Waals surface area (Å²) in [5, 5.41) is 4.27. The molecule has 1 heterocycles. The molecule has 2 aromatic rings. The van der Waals surface area contributed by atoms with Gasteiger partial charge in [-0.2, -0.15) is 0 Å². The van der Waals surface area contributed by atoms with Crippen LogP contribution in [0.1, 0.15) is 17.2 Å². The number of ether oxygens (including phenoxy) is 1. The van der Waals surface area contributed by atoms with Gasteiger partial charge in [0.15, 0.2) is 0 Å². The zero-order chi connectivity index (χ0) is 16.8. The Morgan fingerprint density at radius 2 is 1.79 bits per heavy atom. The SMILES string of the molecule is Fc1ccc(C(CNCc2ccccc2Cl)N2CCOCC2)cc1. The van der Waals surface area contributed by atoms with Crippen molar-refractivity contribution in [2.75, 3.05) is 32.8 Å². The number of rotatable bonds is 6. The minimum Gasteiger partial charge on any atom is -0.379 e. The maximum Gasteiger partial charge on any atom is 0.123 e. The van der Waals surface area contributed by atoms with Crippen LogP contribution in [0.5, 0.6) is 0 Å². The number of halogens is 2. The van der Waals surface area contributed by atoms with Crippen LogP contribution in [-0.4, -0.2) is 37.7 Å². The van der Waals surface area contributed by atoms with Crippen molar-refractivity contribution in [3.05, 3.63) is 70.5 Å². The second-order valence-electron chi connectivity index (χ2n) is 5.94. The molecule has 1 aliphatic rings. The Hall–Kier alpha value is -1.46. The van der Waals surface area contributed by atoms with Crippen molar-refractivity contribution in [1.29, 1.82) is 0 Å². The van der Waals surface area contributed by atoms with Crippen LogP contribution < -0.4 is 5.32 Å². The molecule has 1 atom stereocenters. The molecule has 0 aliphatic carbocycles. The summed E-state index contributed by atoms with van der Waals surface area (Å²) < 4.78 is 18.7. The van der Waals surface area contributed by atoms with E-state index >= 15 is 0 Å².